The van der Waals surface area contributed by atoms with Crippen molar-refractivity contribution in [3.8, 4) is 11.3 Å². The average molecular weight is 447 g/mol. The molecule has 2 aliphatic heterocycles. The molecule has 0 atom stereocenters. The van der Waals surface area contributed by atoms with Crippen LogP contribution in [-0.4, -0.2) is 68.0 Å². The van der Waals surface area contributed by atoms with Crippen LogP contribution in [0.15, 0.2) is 24.5 Å². The highest BCUT2D eigenvalue weighted by molar-refractivity contribution is 5.87. The summed E-state index contributed by atoms with van der Waals surface area (Å²) in [5, 5.41) is 0. The molecular formula is C27H38N6. The molecule has 176 valence electrons. The van der Waals surface area contributed by atoms with Crippen molar-refractivity contribution in [2.75, 3.05) is 26.2 Å². The van der Waals surface area contributed by atoms with Crippen molar-refractivity contribution in [1.29, 1.82) is 0 Å². The predicted molar refractivity (Wildman–Crippen MR) is 135 cm³/mol. The number of aryl methyl sites for hydroxylation is 2. The van der Waals surface area contributed by atoms with Gasteiger partial charge in [-0.15, -0.1) is 0 Å². The van der Waals surface area contributed by atoms with Crippen molar-refractivity contribution in [1.82, 2.24) is 29.7 Å². The van der Waals surface area contributed by atoms with Crippen molar-refractivity contribution < 1.29 is 0 Å². The van der Waals surface area contributed by atoms with Crippen LogP contribution in [0.3, 0.4) is 0 Å². The van der Waals surface area contributed by atoms with Gasteiger partial charge in [0.2, 0.25) is 0 Å². The van der Waals surface area contributed by atoms with E-state index in [9.17, 15) is 0 Å². The summed E-state index contributed by atoms with van der Waals surface area (Å²) in [6.45, 7) is 13.7. The number of H-pyrrole nitrogens is 1. The van der Waals surface area contributed by atoms with Gasteiger partial charge >= 0.3 is 0 Å². The van der Waals surface area contributed by atoms with Gasteiger partial charge in [0, 0.05) is 41.0 Å². The lowest BCUT2D eigenvalue weighted by molar-refractivity contribution is 0.0747. The van der Waals surface area contributed by atoms with Gasteiger partial charge in [-0.3, -0.25) is 4.98 Å². The fourth-order valence-electron chi connectivity index (χ4n) is 5.82. The molecule has 2 aliphatic rings. The van der Waals surface area contributed by atoms with Crippen LogP contribution in [0.25, 0.3) is 22.3 Å². The van der Waals surface area contributed by atoms with E-state index in [1.807, 2.05) is 19.3 Å². The molecule has 33 heavy (non-hydrogen) atoms. The molecule has 2 fully saturated rings. The van der Waals surface area contributed by atoms with Crippen molar-refractivity contribution in [3.05, 3.63) is 41.6 Å². The Labute approximate surface area is 197 Å². The van der Waals surface area contributed by atoms with Gasteiger partial charge in [0.05, 0.1) is 22.9 Å². The van der Waals surface area contributed by atoms with Crippen LogP contribution in [-0.2, 0) is 6.42 Å². The van der Waals surface area contributed by atoms with Crippen molar-refractivity contribution in [2.24, 2.45) is 0 Å². The highest BCUT2D eigenvalue weighted by Gasteiger charge is 2.30. The molecule has 0 amide bonds. The summed E-state index contributed by atoms with van der Waals surface area (Å²) in [6.07, 6.45) is 9.78. The summed E-state index contributed by atoms with van der Waals surface area (Å²) < 4.78 is 0. The second-order valence-corrected chi connectivity index (χ2v) is 10.2. The van der Waals surface area contributed by atoms with Gasteiger partial charge in [-0.1, -0.05) is 6.92 Å². The molecule has 0 spiro atoms. The van der Waals surface area contributed by atoms with Gasteiger partial charge in [0.15, 0.2) is 0 Å². The molecule has 0 aliphatic carbocycles. The Morgan fingerprint density at radius 3 is 2.48 bits per heavy atom. The molecule has 1 N–H and O–H groups in total. The third-order valence-corrected chi connectivity index (χ3v) is 7.83. The first-order valence-corrected chi connectivity index (χ1v) is 12.8. The third-order valence-electron chi connectivity index (χ3n) is 7.83. The second-order valence-electron chi connectivity index (χ2n) is 10.2. The number of likely N-dealkylation sites (tertiary alicyclic amines) is 2. The number of nitrogens with zero attached hydrogens (tertiary/aromatic N) is 5. The van der Waals surface area contributed by atoms with E-state index in [1.54, 1.807) is 0 Å². The average Bonchev–Trinajstić information content (AvgIpc) is 3.22. The van der Waals surface area contributed by atoms with Crippen LogP contribution in [0.1, 0.15) is 69.5 Å². The predicted octanol–water partition coefficient (Wildman–Crippen LogP) is 4.94. The monoisotopic (exact) mass is 446 g/mol. The van der Waals surface area contributed by atoms with Crippen LogP contribution in [0.5, 0.6) is 0 Å². The number of rotatable bonds is 5. The number of piperidine rings is 2. The lowest BCUT2D eigenvalue weighted by atomic mass is 9.92. The first-order chi connectivity index (χ1) is 16.0. The molecule has 6 nitrogen and oxygen atoms in total. The van der Waals surface area contributed by atoms with Crippen LogP contribution in [0, 0.1) is 6.92 Å². The Bertz CT molecular complexity index is 1090. The summed E-state index contributed by atoms with van der Waals surface area (Å²) in [4.78, 5) is 23.2. The topological polar surface area (TPSA) is 60.9 Å². The Morgan fingerprint density at radius 2 is 1.82 bits per heavy atom. The number of pyridine rings is 1. The summed E-state index contributed by atoms with van der Waals surface area (Å²) in [5.41, 5.74) is 6.78. The lowest BCUT2D eigenvalue weighted by Crippen LogP contribution is -2.48. The van der Waals surface area contributed by atoms with Crippen LogP contribution >= 0.6 is 0 Å². The SMILES string of the molecule is CCc1c(-c2ccnc(C)c2)[nH]c2cnc(C3CCN(C4CCN(C(C)C)CC4)CC3)nc12. The number of aromatic amines is 1. The number of aromatic nitrogens is 4. The molecule has 0 bridgehead atoms. The largest absolute Gasteiger partial charge is 0.352 e. The third kappa shape index (κ3) is 4.56. The van der Waals surface area contributed by atoms with Gasteiger partial charge in [0.25, 0.3) is 0 Å². The summed E-state index contributed by atoms with van der Waals surface area (Å²) in [6, 6.07) is 5.65. The van der Waals surface area contributed by atoms with Gasteiger partial charge in [-0.05, 0) is 91.2 Å². The van der Waals surface area contributed by atoms with Gasteiger partial charge in [0.1, 0.15) is 5.82 Å². The molecule has 5 heterocycles. The molecule has 0 aromatic carbocycles. The van der Waals surface area contributed by atoms with Gasteiger partial charge in [-0.2, -0.15) is 0 Å². The zero-order valence-corrected chi connectivity index (χ0v) is 20.6. The minimum atomic E-state index is 0.465. The maximum Gasteiger partial charge on any atom is 0.132 e. The lowest BCUT2D eigenvalue weighted by Gasteiger charge is -2.42. The van der Waals surface area contributed by atoms with E-state index in [4.69, 9.17) is 9.97 Å². The van der Waals surface area contributed by atoms with Crippen molar-refractivity contribution >= 4 is 11.0 Å². The summed E-state index contributed by atoms with van der Waals surface area (Å²) in [5.74, 6) is 1.50. The molecular weight excluding hydrogens is 408 g/mol. The molecule has 0 saturated carbocycles. The van der Waals surface area contributed by atoms with E-state index in [0.29, 0.717) is 12.0 Å². The van der Waals surface area contributed by atoms with E-state index in [-0.39, 0.29) is 0 Å². The first-order valence-electron chi connectivity index (χ1n) is 12.8. The molecule has 3 aromatic heterocycles. The number of hydrogen-bond acceptors (Lipinski definition) is 5. The summed E-state index contributed by atoms with van der Waals surface area (Å²) in [7, 11) is 0. The molecule has 3 aromatic rings. The Kier molecular flexibility index (Phi) is 6.48. The number of fused-ring (bicyclic) bond motifs is 1. The maximum absolute atomic E-state index is 5.12. The number of nitrogens with one attached hydrogen (secondary N) is 1. The maximum atomic E-state index is 5.12. The molecule has 5 rings (SSSR count). The highest BCUT2D eigenvalue weighted by atomic mass is 15.2. The highest BCUT2D eigenvalue weighted by Crippen LogP contribution is 2.33. The van der Waals surface area contributed by atoms with E-state index < -0.39 is 0 Å². The zero-order chi connectivity index (χ0) is 22.9. The Hall–Kier alpha value is -2.31. The zero-order valence-electron chi connectivity index (χ0n) is 20.6. The van der Waals surface area contributed by atoms with Crippen molar-refractivity contribution in [2.45, 2.75) is 77.8 Å². The van der Waals surface area contributed by atoms with E-state index in [2.05, 4.69) is 52.7 Å². The Morgan fingerprint density at radius 1 is 1.06 bits per heavy atom. The van der Waals surface area contributed by atoms with E-state index in [0.717, 1.165) is 53.5 Å². The van der Waals surface area contributed by atoms with Crippen LogP contribution in [0.2, 0.25) is 0 Å². The standard InChI is InChI=1S/C27H38N6/c1-5-23-25(21-6-11-28-19(4)16-21)30-24-17-29-27(31-26(23)24)20-7-12-33(13-8-20)22-9-14-32(15-10-22)18(2)3/h6,11,16-18,20,22,30H,5,7-10,12-15H2,1-4H3. The van der Waals surface area contributed by atoms with Crippen molar-refractivity contribution in [3.63, 3.8) is 0 Å². The Balaban J connectivity index is 1.30. The van der Waals surface area contributed by atoms with Gasteiger partial charge in [-0.25, -0.2) is 9.97 Å². The smallest absolute Gasteiger partial charge is 0.132 e. The normalized spacial score (nSPS) is 19.7. The number of hydrogen-bond donors (Lipinski definition) is 1. The minimum Gasteiger partial charge on any atom is -0.352 e. The minimum absolute atomic E-state index is 0.465. The van der Waals surface area contributed by atoms with Crippen LogP contribution in [0.4, 0.5) is 0 Å². The molecule has 2 saturated heterocycles. The fraction of sp³-hybridized carbons (Fsp3) is 0.593. The van der Waals surface area contributed by atoms with E-state index in [1.165, 1.54) is 50.1 Å². The molecule has 0 unspecified atom stereocenters. The summed E-state index contributed by atoms with van der Waals surface area (Å²) >= 11 is 0. The van der Waals surface area contributed by atoms with Crippen LogP contribution < -0.4 is 0 Å². The second kappa shape index (κ2) is 9.51. The van der Waals surface area contributed by atoms with E-state index >= 15 is 0 Å². The fourth-order valence-corrected chi connectivity index (χ4v) is 5.82. The molecule has 0 radical (unpaired) electrons. The van der Waals surface area contributed by atoms with Gasteiger partial charge < -0.3 is 14.8 Å². The first kappa shape index (κ1) is 22.5. The quantitative estimate of drug-likeness (QED) is 0.601. The molecule has 6 heteroatoms.